The number of ether oxygens (including phenoxy) is 1. The van der Waals surface area contributed by atoms with Gasteiger partial charge in [0, 0.05) is 25.8 Å². The van der Waals surface area contributed by atoms with E-state index in [-0.39, 0.29) is 11.9 Å². The summed E-state index contributed by atoms with van der Waals surface area (Å²) in [6.45, 7) is 2.38. The minimum absolute atomic E-state index is 0.230. The van der Waals surface area contributed by atoms with E-state index in [1.807, 2.05) is 0 Å². The van der Waals surface area contributed by atoms with Crippen molar-refractivity contribution in [3.05, 3.63) is 29.6 Å². The summed E-state index contributed by atoms with van der Waals surface area (Å²) < 4.78 is 18.5. The number of phenolic OH excluding ortho intramolecular Hbond substituents is 1. The molecule has 0 radical (unpaired) electrons. The minimum Gasteiger partial charge on any atom is -0.505 e. The van der Waals surface area contributed by atoms with E-state index in [4.69, 9.17) is 4.74 Å². The van der Waals surface area contributed by atoms with Crippen molar-refractivity contribution < 1.29 is 14.2 Å². The number of aromatic hydroxyl groups is 1. The minimum atomic E-state index is -0.553. The quantitative estimate of drug-likeness (QED) is 0.877. The molecule has 1 heterocycles. The molecular formula is C13H18FNO2. The third-order valence-corrected chi connectivity index (χ3v) is 3.26. The predicted octanol–water partition coefficient (Wildman–Crippen LogP) is 2.14. The molecule has 1 aromatic carbocycles. The van der Waals surface area contributed by atoms with E-state index in [1.165, 1.54) is 6.07 Å². The Labute approximate surface area is 101 Å². The van der Waals surface area contributed by atoms with Crippen LogP contribution >= 0.6 is 0 Å². The third kappa shape index (κ3) is 2.96. The summed E-state index contributed by atoms with van der Waals surface area (Å²) in [5.74, 6) is -0.783. The van der Waals surface area contributed by atoms with Crippen LogP contribution in [0.3, 0.4) is 0 Å². The molecule has 1 aliphatic rings. The van der Waals surface area contributed by atoms with Gasteiger partial charge in [-0.15, -0.1) is 0 Å². The Morgan fingerprint density at radius 1 is 1.53 bits per heavy atom. The van der Waals surface area contributed by atoms with Gasteiger partial charge in [0.05, 0.1) is 6.10 Å². The molecule has 1 atom stereocenters. The number of likely N-dealkylation sites (tertiary alicyclic amines) is 1. The maximum Gasteiger partial charge on any atom is 0.165 e. The summed E-state index contributed by atoms with van der Waals surface area (Å²) in [7, 11) is 1.72. The SMILES string of the molecule is COC1CCCN(Cc2cccc(F)c2O)C1. The lowest BCUT2D eigenvalue weighted by Gasteiger charge is -2.31. The van der Waals surface area contributed by atoms with Gasteiger partial charge in [-0.25, -0.2) is 4.39 Å². The fraction of sp³-hybridized carbons (Fsp3) is 0.538. The highest BCUT2D eigenvalue weighted by atomic mass is 19.1. The first kappa shape index (κ1) is 12.3. The average Bonchev–Trinajstić information content (AvgIpc) is 2.35. The van der Waals surface area contributed by atoms with Crippen molar-refractivity contribution in [1.29, 1.82) is 0 Å². The Balaban J connectivity index is 2.02. The molecule has 3 nitrogen and oxygen atoms in total. The van der Waals surface area contributed by atoms with E-state index in [9.17, 15) is 9.50 Å². The first-order valence-electron chi connectivity index (χ1n) is 5.92. The second kappa shape index (κ2) is 5.47. The molecule has 1 aliphatic heterocycles. The number of rotatable bonds is 3. The molecule has 1 N–H and O–H groups in total. The number of methoxy groups -OCH3 is 1. The number of nitrogens with zero attached hydrogens (tertiary/aromatic N) is 1. The fourth-order valence-corrected chi connectivity index (χ4v) is 2.28. The third-order valence-electron chi connectivity index (χ3n) is 3.26. The van der Waals surface area contributed by atoms with E-state index in [1.54, 1.807) is 19.2 Å². The van der Waals surface area contributed by atoms with Gasteiger partial charge >= 0.3 is 0 Å². The Hall–Kier alpha value is -1.13. The van der Waals surface area contributed by atoms with Gasteiger partial charge in [0.1, 0.15) is 0 Å². The number of hydrogen-bond donors (Lipinski definition) is 1. The number of benzene rings is 1. The molecule has 1 aromatic rings. The van der Waals surface area contributed by atoms with Crippen LogP contribution in [0.2, 0.25) is 0 Å². The van der Waals surface area contributed by atoms with Crippen molar-refractivity contribution in [3.8, 4) is 5.75 Å². The zero-order chi connectivity index (χ0) is 12.3. The van der Waals surface area contributed by atoms with Gasteiger partial charge in [-0.2, -0.15) is 0 Å². The molecule has 1 unspecified atom stereocenters. The van der Waals surface area contributed by atoms with E-state index in [2.05, 4.69) is 4.90 Å². The highest BCUT2D eigenvalue weighted by Crippen LogP contribution is 2.23. The van der Waals surface area contributed by atoms with Crippen LogP contribution in [0, 0.1) is 5.82 Å². The largest absolute Gasteiger partial charge is 0.505 e. The molecule has 0 bridgehead atoms. The van der Waals surface area contributed by atoms with Crippen LogP contribution < -0.4 is 0 Å². The van der Waals surface area contributed by atoms with Gasteiger partial charge in [0.15, 0.2) is 11.6 Å². The van der Waals surface area contributed by atoms with Gasteiger partial charge < -0.3 is 9.84 Å². The van der Waals surface area contributed by atoms with Crippen molar-refractivity contribution in [2.45, 2.75) is 25.5 Å². The molecule has 0 aromatic heterocycles. The van der Waals surface area contributed by atoms with Crippen molar-refractivity contribution >= 4 is 0 Å². The van der Waals surface area contributed by atoms with Gasteiger partial charge in [-0.05, 0) is 25.5 Å². The fourth-order valence-electron chi connectivity index (χ4n) is 2.28. The van der Waals surface area contributed by atoms with E-state index in [0.29, 0.717) is 12.1 Å². The highest BCUT2D eigenvalue weighted by molar-refractivity contribution is 5.33. The molecular weight excluding hydrogens is 221 g/mol. The summed E-state index contributed by atoms with van der Waals surface area (Å²) in [5, 5.41) is 9.62. The predicted molar refractivity (Wildman–Crippen MR) is 63.4 cm³/mol. The summed E-state index contributed by atoms with van der Waals surface area (Å²) >= 11 is 0. The van der Waals surface area contributed by atoms with Crippen LogP contribution in [0.15, 0.2) is 18.2 Å². The zero-order valence-electron chi connectivity index (χ0n) is 10.0. The molecule has 17 heavy (non-hydrogen) atoms. The van der Waals surface area contributed by atoms with Crippen molar-refractivity contribution in [1.82, 2.24) is 4.90 Å². The number of hydrogen-bond acceptors (Lipinski definition) is 3. The molecule has 2 rings (SSSR count). The van der Waals surface area contributed by atoms with Crippen LogP contribution in [0.4, 0.5) is 4.39 Å². The topological polar surface area (TPSA) is 32.7 Å². The van der Waals surface area contributed by atoms with Crippen LogP contribution in [-0.4, -0.2) is 36.3 Å². The molecule has 1 saturated heterocycles. The summed E-state index contributed by atoms with van der Waals surface area (Å²) in [4.78, 5) is 2.19. The molecule has 0 aliphatic carbocycles. The summed E-state index contributed by atoms with van der Waals surface area (Å²) in [5.41, 5.74) is 0.641. The van der Waals surface area contributed by atoms with Gasteiger partial charge in [-0.3, -0.25) is 4.90 Å². The number of halogens is 1. The van der Waals surface area contributed by atoms with Crippen molar-refractivity contribution in [2.75, 3.05) is 20.2 Å². The monoisotopic (exact) mass is 239 g/mol. The van der Waals surface area contributed by atoms with E-state index < -0.39 is 5.82 Å². The molecule has 94 valence electrons. The second-order valence-electron chi connectivity index (χ2n) is 4.48. The lowest BCUT2D eigenvalue weighted by Crippen LogP contribution is -2.38. The molecule has 1 fully saturated rings. The van der Waals surface area contributed by atoms with E-state index in [0.717, 1.165) is 25.9 Å². The number of phenols is 1. The second-order valence-corrected chi connectivity index (χ2v) is 4.48. The number of piperidine rings is 1. The Morgan fingerprint density at radius 2 is 2.35 bits per heavy atom. The lowest BCUT2D eigenvalue weighted by molar-refractivity contribution is 0.0283. The van der Waals surface area contributed by atoms with Gasteiger partial charge in [0.2, 0.25) is 0 Å². The van der Waals surface area contributed by atoms with Gasteiger partial charge in [0.25, 0.3) is 0 Å². The van der Waals surface area contributed by atoms with Crippen LogP contribution in [0.1, 0.15) is 18.4 Å². The van der Waals surface area contributed by atoms with E-state index >= 15 is 0 Å². The Morgan fingerprint density at radius 3 is 3.12 bits per heavy atom. The Bertz CT molecular complexity index is 384. The first-order valence-corrected chi connectivity index (χ1v) is 5.92. The molecule has 0 saturated carbocycles. The zero-order valence-corrected chi connectivity index (χ0v) is 10.0. The van der Waals surface area contributed by atoms with Crippen LogP contribution in [0.25, 0.3) is 0 Å². The van der Waals surface area contributed by atoms with Gasteiger partial charge in [-0.1, -0.05) is 12.1 Å². The lowest BCUT2D eigenvalue weighted by atomic mass is 10.1. The summed E-state index contributed by atoms with van der Waals surface area (Å²) in [6.07, 6.45) is 2.40. The first-order chi connectivity index (χ1) is 8.20. The summed E-state index contributed by atoms with van der Waals surface area (Å²) in [6, 6.07) is 4.66. The van der Waals surface area contributed by atoms with Crippen LogP contribution in [-0.2, 0) is 11.3 Å². The van der Waals surface area contributed by atoms with Crippen LogP contribution in [0.5, 0.6) is 5.75 Å². The normalized spacial score (nSPS) is 21.6. The maximum absolute atomic E-state index is 13.2. The maximum atomic E-state index is 13.2. The standard InChI is InChI=1S/C13H18FNO2/c1-17-11-5-3-7-15(9-11)8-10-4-2-6-12(14)13(10)16/h2,4,6,11,16H,3,5,7-9H2,1H3. The molecule has 4 heteroatoms. The average molecular weight is 239 g/mol. The number of para-hydroxylation sites is 1. The smallest absolute Gasteiger partial charge is 0.165 e. The van der Waals surface area contributed by atoms with Crippen molar-refractivity contribution in [2.24, 2.45) is 0 Å². The Kier molecular flexibility index (Phi) is 3.97. The molecule has 0 amide bonds. The van der Waals surface area contributed by atoms with Crippen molar-refractivity contribution in [3.63, 3.8) is 0 Å². The highest BCUT2D eigenvalue weighted by Gasteiger charge is 2.20. The molecule has 0 spiro atoms.